The first-order valence-corrected chi connectivity index (χ1v) is 10.7. The monoisotopic (exact) mass is 363 g/mol. The minimum atomic E-state index is -0.296. The number of nitrogens with one attached hydrogen (secondary N) is 1. The van der Waals surface area contributed by atoms with E-state index in [1.165, 1.54) is 82.8 Å². The number of unbranched alkanes of at least 4 members (excludes halogenated alkanes) is 10. The molecular formula is C23H38FNO. The average Bonchev–Trinajstić information content (AvgIpc) is 2.65. The number of carbonyl (C=O) groups is 1. The summed E-state index contributed by atoms with van der Waals surface area (Å²) in [6, 6.07) is 5.82. The van der Waals surface area contributed by atoms with E-state index >= 15 is 0 Å². The Morgan fingerprint density at radius 1 is 0.769 bits per heavy atom. The van der Waals surface area contributed by atoms with Gasteiger partial charge >= 0.3 is 0 Å². The number of ketones is 1. The van der Waals surface area contributed by atoms with Crippen LogP contribution in [-0.2, 0) is 0 Å². The zero-order chi connectivity index (χ0) is 18.9. The lowest BCUT2D eigenvalue weighted by Gasteiger charge is -2.05. The molecule has 2 nitrogen and oxygen atoms in total. The first-order chi connectivity index (χ1) is 12.7. The van der Waals surface area contributed by atoms with Crippen LogP contribution in [0.4, 0.5) is 4.39 Å². The van der Waals surface area contributed by atoms with Crippen LogP contribution in [0.5, 0.6) is 0 Å². The molecule has 0 spiro atoms. The van der Waals surface area contributed by atoms with Crippen LogP contribution in [0, 0.1) is 5.82 Å². The largest absolute Gasteiger partial charge is 0.317 e. The number of carbonyl (C=O) groups excluding carboxylic acids is 1. The Labute approximate surface area is 160 Å². The van der Waals surface area contributed by atoms with E-state index in [-0.39, 0.29) is 11.6 Å². The third kappa shape index (κ3) is 12.2. The highest BCUT2D eigenvalue weighted by atomic mass is 19.1. The molecule has 0 fully saturated rings. The van der Waals surface area contributed by atoms with Crippen LogP contribution in [0.15, 0.2) is 24.3 Å². The second-order valence-corrected chi connectivity index (χ2v) is 7.32. The molecule has 0 aliphatic carbocycles. The molecule has 0 atom stereocenters. The Morgan fingerprint density at radius 2 is 1.27 bits per heavy atom. The smallest absolute Gasteiger partial charge is 0.162 e. The molecule has 0 amide bonds. The molecule has 0 aliphatic heterocycles. The van der Waals surface area contributed by atoms with Gasteiger partial charge in [0, 0.05) is 12.0 Å². The van der Waals surface area contributed by atoms with Gasteiger partial charge in [0.05, 0.1) is 0 Å². The lowest BCUT2D eigenvalue weighted by atomic mass is 10.1. The Kier molecular flexibility index (Phi) is 14.0. The van der Waals surface area contributed by atoms with Gasteiger partial charge in [0.15, 0.2) is 5.78 Å². The summed E-state index contributed by atoms with van der Waals surface area (Å²) < 4.78 is 12.8. The van der Waals surface area contributed by atoms with Crippen LogP contribution in [0.3, 0.4) is 0 Å². The summed E-state index contributed by atoms with van der Waals surface area (Å²) in [7, 11) is 0. The fraction of sp³-hybridized carbons (Fsp3) is 0.696. The second kappa shape index (κ2) is 16.0. The van der Waals surface area contributed by atoms with Gasteiger partial charge in [0.2, 0.25) is 0 Å². The molecule has 0 aromatic heterocycles. The summed E-state index contributed by atoms with van der Waals surface area (Å²) >= 11 is 0. The summed E-state index contributed by atoms with van der Waals surface area (Å²) in [6.07, 6.45) is 16.4. The number of halogens is 1. The quantitative estimate of drug-likeness (QED) is 0.247. The summed E-state index contributed by atoms with van der Waals surface area (Å²) in [6.45, 7) is 4.19. The molecule has 26 heavy (non-hydrogen) atoms. The second-order valence-electron chi connectivity index (χ2n) is 7.32. The molecule has 148 valence electrons. The minimum Gasteiger partial charge on any atom is -0.317 e. The van der Waals surface area contributed by atoms with Crippen molar-refractivity contribution >= 4 is 5.78 Å². The highest BCUT2D eigenvalue weighted by Crippen LogP contribution is 2.11. The van der Waals surface area contributed by atoms with Crippen molar-refractivity contribution in [1.29, 1.82) is 0 Å². The van der Waals surface area contributed by atoms with Gasteiger partial charge in [0.1, 0.15) is 5.82 Å². The van der Waals surface area contributed by atoms with E-state index in [0.29, 0.717) is 12.0 Å². The maximum Gasteiger partial charge on any atom is 0.162 e. The van der Waals surface area contributed by atoms with Crippen molar-refractivity contribution in [3.63, 3.8) is 0 Å². The topological polar surface area (TPSA) is 29.1 Å². The Balaban J connectivity index is 1.82. The van der Waals surface area contributed by atoms with Gasteiger partial charge in [-0.05, 0) is 50.2 Å². The molecule has 1 rings (SSSR count). The van der Waals surface area contributed by atoms with Crippen LogP contribution < -0.4 is 5.32 Å². The normalized spacial score (nSPS) is 11.0. The summed E-state index contributed by atoms with van der Waals surface area (Å²) in [5.41, 5.74) is 0.608. The van der Waals surface area contributed by atoms with E-state index in [4.69, 9.17) is 0 Å². The van der Waals surface area contributed by atoms with Crippen molar-refractivity contribution in [3.05, 3.63) is 35.6 Å². The molecule has 3 heteroatoms. The van der Waals surface area contributed by atoms with E-state index in [0.717, 1.165) is 19.5 Å². The van der Waals surface area contributed by atoms with Crippen molar-refractivity contribution in [3.8, 4) is 0 Å². The van der Waals surface area contributed by atoms with Gasteiger partial charge in [-0.2, -0.15) is 0 Å². The van der Waals surface area contributed by atoms with Crippen LogP contribution in [0.2, 0.25) is 0 Å². The van der Waals surface area contributed by atoms with Crippen molar-refractivity contribution in [2.45, 2.75) is 90.4 Å². The van der Waals surface area contributed by atoms with Gasteiger partial charge < -0.3 is 5.32 Å². The molecule has 0 bridgehead atoms. The molecule has 0 aliphatic rings. The average molecular weight is 364 g/mol. The standard InChI is InChI=1S/C23H38FNO/c1-2-3-4-5-6-7-8-9-10-11-12-19-25-20-13-14-23(26)21-15-17-22(24)18-16-21/h15-18,25H,2-14,19-20H2,1H3. The zero-order valence-corrected chi connectivity index (χ0v) is 16.7. The number of Topliss-reactive ketones (excluding diaryl/α,β-unsaturated/α-hetero) is 1. The zero-order valence-electron chi connectivity index (χ0n) is 16.7. The minimum absolute atomic E-state index is 0.0986. The molecule has 1 aromatic rings. The number of rotatable bonds is 17. The fourth-order valence-electron chi connectivity index (χ4n) is 3.19. The van der Waals surface area contributed by atoms with Crippen LogP contribution in [0.1, 0.15) is 101 Å². The van der Waals surface area contributed by atoms with Gasteiger partial charge in [0.25, 0.3) is 0 Å². The van der Waals surface area contributed by atoms with Gasteiger partial charge in [-0.25, -0.2) is 4.39 Å². The van der Waals surface area contributed by atoms with Crippen molar-refractivity contribution < 1.29 is 9.18 Å². The number of hydrogen-bond donors (Lipinski definition) is 1. The molecule has 0 saturated heterocycles. The highest BCUT2D eigenvalue weighted by molar-refractivity contribution is 5.95. The van der Waals surface area contributed by atoms with Crippen LogP contribution in [-0.4, -0.2) is 18.9 Å². The van der Waals surface area contributed by atoms with Crippen LogP contribution in [0.25, 0.3) is 0 Å². The molecule has 1 N–H and O–H groups in total. The first-order valence-electron chi connectivity index (χ1n) is 10.7. The lowest BCUT2D eigenvalue weighted by Crippen LogP contribution is -2.17. The van der Waals surface area contributed by atoms with E-state index < -0.39 is 0 Å². The Bertz CT molecular complexity index is 458. The fourth-order valence-corrected chi connectivity index (χ4v) is 3.19. The molecule has 0 radical (unpaired) electrons. The molecule has 0 saturated carbocycles. The molecule has 0 heterocycles. The Morgan fingerprint density at radius 3 is 1.85 bits per heavy atom. The highest BCUT2D eigenvalue weighted by Gasteiger charge is 2.05. The van der Waals surface area contributed by atoms with Gasteiger partial charge in [-0.1, -0.05) is 71.1 Å². The van der Waals surface area contributed by atoms with E-state index in [2.05, 4.69) is 12.2 Å². The summed E-state index contributed by atoms with van der Waals surface area (Å²) in [4.78, 5) is 11.9. The SMILES string of the molecule is CCCCCCCCCCCCCNCCCC(=O)c1ccc(F)cc1. The maximum atomic E-state index is 12.8. The van der Waals surface area contributed by atoms with E-state index in [1.54, 1.807) is 12.1 Å². The third-order valence-corrected chi connectivity index (χ3v) is 4.88. The van der Waals surface area contributed by atoms with E-state index in [1.807, 2.05) is 0 Å². The van der Waals surface area contributed by atoms with Gasteiger partial charge in [-0.15, -0.1) is 0 Å². The van der Waals surface area contributed by atoms with Crippen molar-refractivity contribution in [1.82, 2.24) is 5.32 Å². The number of hydrogen-bond acceptors (Lipinski definition) is 2. The summed E-state index contributed by atoms with van der Waals surface area (Å²) in [5, 5.41) is 3.42. The van der Waals surface area contributed by atoms with Crippen molar-refractivity contribution in [2.75, 3.05) is 13.1 Å². The number of benzene rings is 1. The summed E-state index contributed by atoms with van der Waals surface area (Å²) in [5.74, 6) is -0.198. The Hall–Kier alpha value is -1.22. The first kappa shape index (κ1) is 22.8. The third-order valence-electron chi connectivity index (χ3n) is 4.88. The predicted octanol–water partition coefficient (Wildman–Crippen LogP) is 6.69. The molecule has 0 unspecified atom stereocenters. The maximum absolute atomic E-state index is 12.8. The predicted molar refractivity (Wildman–Crippen MR) is 109 cm³/mol. The molecule has 1 aromatic carbocycles. The van der Waals surface area contributed by atoms with Crippen LogP contribution >= 0.6 is 0 Å². The van der Waals surface area contributed by atoms with Crippen molar-refractivity contribution in [2.24, 2.45) is 0 Å². The van der Waals surface area contributed by atoms with Gasteiger partial charge in [-0.3, -0.25) is 4.79 Å². The van der Waals surface area contributed by atoms with E-state index in [9.17, 15) is 9.18 Å². The lowest BCUT2D eigenvalue weighted by molar-refractivity contribution is 0.0980. The molecular weight excluding hydrogens is 325 g/mol.